The number of hydrogen-bond acceptors (Lipinski definition) is 6. The van der Waals surface area contributed by atoms with Crippen LogP contribution < -0.4 is 14.8 Å². The van der Waals surface area contributed by atoms with Gasteiger partial charge in [-0.1, -0.05) is 30.4 Å². The van der Waals surface area contributed by atoms with E-state index >= 15 is 0 Å². The second-order valence-corrected chi connectivity index (χ2v) is 7.36. The number of thioether (sulfide) groups is 1. The number of amides is 1. The minimum Gasteiger partial charge on any atom is -0.495 e. The summed E-state index contributed by atoms with van der Waals surface area (Å²) in [5.74, 6) is 2.08. The molecule has 0 aliphatic heterocycles. The first-order valence-electron chi connectivity index (χ1n) is 7.72. The molecule has 0 saturated heterocycles. The summed E-state index contributed by atoms with van der Waals surface area (Å²) in [7, 11) is 3.20. The standard InChI is InChI=1S/C18H18N2O3S2/c1-4-24-14-8-6-5-7-11(14)17(21)20-18-19-15-12(22-2)9-10-13(23-3)16(15)25-18/h5-10H,4H2,1-3H3,(H,19,20,21). The molecule has 0 saturated carbocycles. The predicted octanol–water partition coefficient (Wildman–Crippen LogP) is 4.68. The Hall–Kier alpha value is -2.25. The van der Waals surface area contributed by atoms with Gasteiger partial charge in [0.1, 0.15) is 21.7 Å². The van der Waals surface area contributed by atoms with E-state index in [4.69, 9.17) is 9.47 Å². The number of ether oxygens (including phenoxy) is 2. The van der Waals surface area contributed by atoms with Crippen LogP contribution in [-0.2, 0) is 0 Å². The molecule has 0 unspecified atom stereocenters. The topological polar surface area (TPSA) is 60.5 Å². The third-order valence-electron chi connectivity index (χ3n) is 3.56. The molecule has 5 nitrogen and oxygen atoms in total. The average Bonchev–Trinajstić information content (AvgIpc) is 3.05. The van der Waals surface area contributed by atoms with Crippen LogP contribution in [0.3, 0.4) is 0 Å². The monoisotopic (exact) mass is 374 g/mol. The smallest absolute Gasteiger partial charge is 0.258 e. The first-order chi connectivity index (χ1) is 12.2. The molecule has 1 N–H and O–H groups in total. The molecule has 0 bridgehead atoms. The van der Waals surface area contributed by atoms with Crippen molar-refractivity contribution < 1.29 is 14.3 Å². The maximum atomic E-state index is 12.7. The van der Waals surface area contributed by atoms with Gasteiger partial charge < -0.3 is 9.47 Å². The number of nitrogens with zero attached hydrogens (tertiary/aromatic N) is 1. The predicted molar refractivity (Wildman–Crippen MR) is 104 cm³/mol. The summed E-state index contributed by atoms with van der Waals surface area (Å²) in [5.41, 5.74) is 1.32. The number of fused-ring (bicyclic) bond motifs is 1. The number of rotatable bonds is 6. The number of nitrogens with one attached hydrogen (secondary N) is 1. The third-order valence-corrected chi connectivity index (χ3v) is 5.50. The molecule has 1 aromatic heterocycles. The molecule has 1 amide bonds. The molecule has 25 heavy (non-hydrogen) atoms. The number of carbonyl (C=O) groups excluding carboxylic acids is 1. The highest BCUT2D eigenvalue weighted by molar-refractivity contribution is 7.99. The van der Waals surface area contributed by atoms with Gasteiger partial charge >= 0.3 is 0 Å². The molecule has 0 spiro atoms. The van der Waals surface area contributed by atoms with Crippen LogP contribution in [0.25, 0.3) is 10.2 Å². The number of aromatic nitrogens is 1. The highest BCUT2D eigenvalue weighted by Gasteiger charge is 2.17. The fourth-order valence-corrected chi connectivity index (χ4v) is 4.21. The van der Waals surface area contributed by atoms with Crippen molar-refractivity contribution >= 4 is 44.4 Å². The fourth-order valence-electron chi connectivity index (χ4n) is 2.44. The normalized spacial score (nSPS) is 10.7. The highest BCUT2D eigenvalue weighted by atomic mass is 32.2. The van der Waals surface area contributed by atoms with Gasteiger partial charge in [-0.15, -0.1) is 11.8 Å². The Labute approximate surface area is 154 Å². The first-order valence-corrected chi connectivity index (χ1v) is 9.52. The van der Waals surface area contributed by atoms with E-state index in [1.54, 1.807) is 32.0 Å². The van der Waals surface area contributed by atoms with Crippen molar-refractivity contribution in [3.63, 3.8) is 0 Å². The van der Waals surface area contributed by atoms with Crippen LogP contribution in [0, 0.1) is 0 Å². The zero-order valence-electron chi connectivity index (χ0n) is 14.2. The summed E-state index contributed by atoms with van der Waals surface area (Å²) in [6, 6.07) is 11.2. The van der Waals surface area contributed by atoms with Gasteiger partial charge in [-0.3, -0.25) is 10.1 Å². The summed E-state index contributed by atoms with van der Waals surface area (Å²) in [6.45, 7) is 2.06. The van der Waals surface area contributed by atoms with Crippen molar-refractivity contribution in [3.05, 3.63) is 42.0 Å². The summed E-state index contributed by atoms with van der Waals surface area (Å²) >= 11 is 3.01. The zero-order valence-corrected chi connectivity index (χ0v) is 15.8. The lowest BCUT2D eigenvalue weighted by molar-refractivity contribution is 0.102. The van der Waals surface area contributed by atoms with Crippen LogP contribution in [0.4, 0.5) is 5.13 Å². The summed E-state index contributed by atoms with van der Waals surface area (Å²) in [5, 5.41) is 3.41. The number of thiazole rings is 1. The van der Waals surface area contributed by atoms with E-state index in [2.05, 4.69) is 17.2 Å². The van der Waals surface area contributed by atoms with Crippen LogP contribution in [-0.4, -0.2) is 30.9 Å². The van der Waals surface area contributed by atoms with Crippen molar-refractivity contribution in [1.82, 2.24) is 4.98 Å². The first kappa shape index (κ1) is 17.6. The van der Waals surface area contributed by atoms with E-state index in [0.29, 0.717) is 27.7 Å². The molecule has 3 rings (SSSR count). The van der Waals surface area contributed by atoms with E-state index in [-0.39, 0.29) is 5.91 Å². The number of methoxy groups -OCH3 is 2. The molecule has 0 fully saturated rings. The van der Waals surface area contributed by atoms with E-state index in [1.165, 1.54) is 11.3 Å². The lowest BCUT2D eigenvalue weighted by Crippen LogP contribution is -2.12. The van der Waals surface area contributed by atoms with Gasteiger partial charge in [0.05, 0.1) is 19.8 Å². The molecule has 3 aromatic rings. The number of benzene rings is 2. The van der Waals surface area contributed by atoms with Gasteiger partial charge in [-0.05, 0) is 30.0 Å². The Kier molecular flexibility index (Phi) is 5.45. The van der Waals surface area contributed by atoms with Crippen molar-refractivity contribution in [2.75, 3.05) is 25.3 Å². The van der Waals surface area contributed by atoms with Crippen molar-refractivity contribution in [1.29, 1.82) is 0 Å². The maximum absolute atomic E-state index is 12.7. The van der Waals surface area contributed by atoms with Crippen LogP contribution >= 0.6 is 23.1 Å². The minimum atomic E-state index is -0.173. The van der Waals surface area contributed by atoms with Crippen LogP contribution in [0.15, 0.2) is 41.3 Å². The quantitative estimate of drug-likeness (QED) is 0.635. The van der Waals surface area contributed by atoms with Crippen LogP contribution in [0.1, 0.15) is 17.3 Å². The molecule has 130 valence electrons. The third kappa shape index (κ3) is 3.57. The lowest BCUT2D eigenvalue weighted by Gasteiger charge is -2.07. The summed E-state index contributed by atoms with van der Waals surface area (Å²) in [6.07, 6.45) is 0. The molecule has 2 aromatic carbocycles. The number of anilines is 1. The maximum Gasteiger partial charge on any atom is 0.258 e. The molecular weight excluding hydrogens is 356 g/mol. The van der Waals surface area contributed by atoms with Crippen LogP contribution in [0.5, 0.6) is 11.5 Å². The van der Waals surface area contributed by atoms with Gasteiger partial charge in [0.15, 0.2) is 5.13 Å². The largest absolute Gasteiger partial charge is 0.495 e. The Morgan fingerprint density at radius 3 is 2.60 bits per heavy atom. The Bertz CT molecular complexity index is 867. The Morgan fingerprint density at radius 1 is 1.16 bits per heavy atom. The molecule has 0 atom stereocenters. The molecule has 0 aliphatic carbocycles. The van der Waals surface area contributed by atoms with E-state index in [9.17, 15) is 4.79 Å². The number of carbonyl (C=O) groups is 1. The summed E-state index contributed by atoms with van der Waals surface area (Å²) in [4.78, 5) is 18.1. The second-order valence-electron chi connectivity index (χ2n) is 5.05. The average molecular weight is 374 g/mol. The molecule has 7 heteroatoms. The second kappa shape index (κ2) is 7.76. The Balaban J connectivity index is 1.94. The summed E-state index contributed by atoms with van der Waals surface area (Å²) < 4.78 is 11.6. The Morgan fingerprint density at radius 2 is 1.88 bits per heavy atom. The van der Waals surface area contributed by atoms with Crippen molar-refractivity contribution in [2.24, 2.45) is 0 Å². The van der Waals surface area contributed by atoms with Gasteiger partial charge in [0, 0.05) is 4.90 Å². The SMILES string of the molecule is CCSc1ccccc1C(=O)Nc1nc2c(OC)ccc(OC)c2s1. The van der Waals surface area contributed by atoms with Crippen molar-refractivity contribution in [2.45, 2.75) is 11.8 Å². The highest BCUT2D eigenvalue weighted by Crippen LogP contribution is 2.39. The van der Waals surface area contributed by atoms with Gasteiger partial charge in [-0.25, -0.2) is 4.98 Å². The minimum absolute atomic E-state index is 0.173. The van der Waals surface area contributed by atoms with E-state index in [0.717, 1.165) is 15.3 Å². The zero-order chi connectivity index (χ0) is 17.8. The number of hydrogen-bond donors (Lipinski definition) is 1. The van der Waals surface area contributed by atoms with Crippen LogP contribution in [0.2, 0.25) is 0 Å². The fraction of sp³-hybridized carbons (Fsp3) is 0.222. The van der Waals surface area contributed by atoms with Gasteiger partial charge in [0.25, 0.3) is 5.91 Å². The van der Waals surface area contributed by atoms with Gasteiger partial charge in [0.2, 0.25) is 0 Å². The van der Waals surface area contributed by atoms with Crippen molar-refractivity contribution in [3.8, 4) is 11.5 Å². The van der Waals surface area contributed by atoms with Gasteiger partial charge in [-0.2, -0.15) is 0 Å². The molecule has 0 aliphatic rings. The lowest BCUT2D eigenvalue weighted by atomic mass is 10.2. The molecule has 1 heterocycles. The molecule has 0 radical (unpaired) electrons. The van der Waals surface area contributed by atoms with E-state index < -0.39 is 0 Å². The molecular formula is C18H18N2O3S2. The van der Waals surface area contributed by atoms with E-state index in [1.807, 2.05) is 30.3 Å².